The Kier molecular flexibility index (Phi) is 4.53. The molecule has 0 spiro atoms. The van der Waals surface area contributed by atoms with Gasteiger partial charge in [-0.2, -0.15) is 0 Å². The Morgan fingerprint density at radius 3 is 2.59 bits per heavy atom. The number of hydrogen-bond donors (Lipinski definition) is 1. The van der Waals surface area contributed by atoms with Crippen molar-refractivity contribution in [2.45, 2.75) is 44.8 Å². The Morgan fingerprint density at radius 2 is 1.86 bits per heavy atom. The maximum Gasteiger partial charge on any atom is 0.260 e. The predicted molar refractivity (Wildman–Crippen MR) is 89.4 cm³/mol. The minimum Gasteiger partial charge on any atom is -0.480 e. The fraction of sp³-hybridized carbons (Fsp3) is 0.389. The van der Waals surface area contributed by atoms with E-state index in [-0.39, 0.29) is 5.91 Å². The Morgan fingerprint density at radius 1 is 1.18 bits per heavy atom. The van der Waals surface area contributed by atoms with Crippen molar-refractivity contribution in [3.8, 4) is 5.75 Å². The molecular weight excluding hydrogens is 298 g/mol. The summed E-state index contributed by atoms with van der Waals surface area (Å²) < 4.78 is 5.88. The molecular formula is C18H20ClNO2. The van der Waals surface area contributed by atoms with Gasteiger partial charge in [0.2, 0.25) is 0 Å². The second-order valence-electron chi connectivity index (χ2n) is 5.84. The van der Waals surface area contributed by atoms with Crippen LogP contribution in [0.5, 0.6) is 5.75 Å². The summed E-state index contributed by atoms with van der Waals surface area (Å²) in [4.78, 5) is 12.2. The van der Waals surface area contributed by atoms with Gasteiger partial charge in [0.1, 0.15) is 5.75 Å². The van der Waals surface area contributed by atoms with Crippen molar-refractivity contribution in [3.63, 3.8) is 0 Å². The standard InChI is InChI=1S/C18H20ClNO2/c1-12(18(21)20-13-6-2-3-7-13)22-17-11-10-16(19)14-8-4-5-9-15(14)17/h4-5,8-13H,2-3,6-7H2,1H3,(H,20,21)/t12-/m0/s1. The first-order chi connectivity index (χ1) is 10.6. The van der Waals surface area contributed by atoms with Crippen LogP contribution in [-0.2, 0) is 4.79 Å². The van der Waals surface area contributed by atoms with Gasteiger partial charge >= 0.3 is 0 Å². The highest BCUT2D eigenvalue weighted by molar-refractivity contribution is 6.35. The number of amides is 1. The molecule has 2 aromatic rings. The molecule has 1 saturated carbocycles. The van der Waals surface area contributed by atoms with Crippen LogP contribution in [0.15, 0.2) is 36.4 Å². The second-order valence-corrected chi connectivity index (χ2v) is 6.25. The zero-order valence-corrected chi connectivity index (χ0v) is 13.4. The molecule has 1 atom stereocenters. The van der Waals surface area contributed by atoms with E-state index in [9.17, 15) is 4.79 Å². The van der Waals surface area contributed by atoms with Crippen LogP contribution < -0.4 is 10.1 Å². The molecule has 3 nitrogen and oxygen atoms in total. The number of ether oxygens (including phenoxy) is 1. The molecule has 0 radical (unpaired) electrons. The molecule has 2 aromatic carbocycles. The lowest BCUT2D eigenvalue weighted by molar-refractivity contribution is -0.127. The van der Waals surface area contributed by atoms with Crippen LogP contribution in [0.1, 0.15) is 32.6 Å². The number of rotatable bonds is 4. The van der Waals surface area contributed by atoms with E-state index < -0.39 is 6.10 Å². The molecule has 0 aromatic heterocycles. The van der Waals surface area contributed by atoms with Crippen LogP contribution in [0.3, 0.4) is 0 Å². The summed E-state index contributed by atoms with van der Waals surface area (Å²) in [6, 6.07) is 11.7. The first-order valence-corrected chi connectivity index (χ1v) is 8.17. The smallest absolute Gasteiger partial charge is 0.260 e. The number of nitrogens with one attached hydrogen (secondary N) is 1. The lowest BCUT2D eigenvalue weighted by atomic mass is 10.1. The molecule has 1 aliphatic rings. The molecule has 22 heavy (non-hydrogen) atoms. The summed E-state index contributed by atoms with van der Waals surface area (Å²) in [6.45, 7) is 1.79. The van der Waals surface area contributed by atoms with Gasteiger partial charge in [0, 0.05) is 21.8 Å². The Hall–Kier alpha value is -1.74. The first-order valence-electron chi connectivity index (χ1n) is 7.79. The van der Waals surface area contributed by atoms with E-state index in [1.165, 1.54) is 12.8 Å². The zero-order chi connectivity index (χ0) is 15.5. The molecule has 116 valence electrons. The van der Waals surface area contributed by atoms with Crippen LogP contribution in [0.4, 0.5) is 0 Å². The van der Waals surface area contributed by atoms with E-state index in [1.807, 2.05) is 30.3 Å². The van der Waals surface area contributed by atoms with Crippen molar-refractivity contribution in [1.82, 2.24) is 5.32 Å². The summed E-state index contributed by atoms with van der Waals surface area (Å²) in [6.07, 6.45) is 4.01. The minimum absolute atomic E-state index is 0.0501. The second kappa shape index (κ2) is 6.57. The van der Waals surface area contributed by atoms with E-state index in [2.05, 4.69) is 5.32 Å². The normalized spacial score (nSPS) is 16.6. The highest BCUT2D eigenvalue weighted by Crippen LogP contribution is 2.31. The molecule has 1 fully saturated rings. The van der Waals surface area contributed by atoms with Crippen molar-refractivity contribution in [2.24, 2.45) is 0 Å². The van der Waals surface area contributed by atoms with Crippen molar-refractivity contribution >= 4 is 28.3 Å². The molecule has 3 rings (SSSR count). The van der Waals surface area contributed by atoms with Gasteiger partial charge in [-0.05, 0) is 31.9 Å². The van der Waals surface area contributed by atoms with Gasteiger partial charge < -0.3 is 10.1 Å². The predicted octanol–water partition coefficient (Wildman–Crippen LogP) is 4.32. The zero-order valence-electron chi connectivity index (χ0n) is 12.6. The first kappa shape index (κ1) is 15.2. The van der Waals surface area contributed by atoms with Crippen LogP contribution in [-0.4, -0.2) is 18.1 Å². The maximum absolute atomic E-state index is 12.2. The number of carbonyl (C=O) groups excluding carboxylic acids is 1. The van der Waals surface area contributed by atoms with Crippen LogP contribution in [0.25, 0.3) is 10.8 Å². The minimum atomic E-state index is -0.523. The highest BCUT2D eigenvalue weighted by Gasteiger charge is 2.22. The average Bonchev–Trinajstić information content (AvgIpc) is 3.03. The SMILES string of the molecule is C[C@H](Oc1ccc(Cl)c2ccccc12)C(=O)NC1CCCC1. The summed E-state index contributed by atoms with van der Waals surface area (Å²) in [5.41, 5.74) is 0. The van der Waals surface area contributed by atoms with E-state index in [1.54, 1.807) is 13.0 Å². The Bertz CT molecular complexity index is 680. The molecule has 1 N–H and O–H groups in total. The maximum atomic E-state index is 12.2. The molecule has 0 saturated heterocycles. The van der Waals surface area contributed by atoms with Gasteiger partial charge in [-0.1, -0.05) is 48.7 Å². The van der Waals surface area contributed by atoms with E-state index >= 15 is 0 Å². The number of halogens is 1. The highest BCUT2D eigenvalue weighted by atomic mass is 35.5. The number of hydrogen-bond acceptors (Lipinski definition) is 2. The van der Waals surface area contributed by atoms with Gasteiger partial charge in [0.05, 0.1) is 0 Å². The quantitative estimate of drug-likeness (QED) is 0.912. The van der Waals surface area contributed by atoms with Crippen molar-refractivity contribution < 1.29 is 9.53 Å². The third-order valence-electron chi connectivity index (χ3n) is 4.21. The molecule has 0 bridgehead atoms. The molecule has 1 amide bonds. The van der Waals surface area contributed by atoms with Gasteiger partial charge in [-0.3, -0.25) is 4.79 Å². The number of benzene rings is 2. The van der Waals surface area contributed by atoms with Crippen LogP contribution in [0.2, 0.25) is 5.02 Å². The van der Waals surface area contributed by atoms with Crippen molar-refractivity contribution in [2.75, 3.05) is 0 Å². The van der Waals surface area contributed by atoms with Crippen LogP contribution in [0, 0.1) is 0 Å². The molecule has 0 aliphatic heterocycles. The monoisotopic (exact) mass is 317 g/mol. The van der Waals surface area contributed by atoms with Crippen LogP contribution >= 0.6 is 11.6 Å². The van der Waals surface area contributed by atoms with Crippen molar-refractivity contribution in [3.05, 3.63) is 41.4 Å². The fourth-order valence-electron chi connectivity index (χ4n) is 2.97. The summed E-state index contributed by atoms with van der Waals surface area (Å²) >= 11 is 6.21. The van der Waals surface area contributed by atoms with Gasteiger partial charge in [-0.25, -0.2) is 0 Å². The summed E-state index contributed by atoms with van der Waals surface area (Å²) in [5, 5.41) is 5.62. The topological polar surface area (TPSA) is 38.3 Å². The van der Waals surface area contributed by atoms with Gasteiger partial charge in [0.15, 0.2) is 6.10 Å². The molecule has 4 heteroatoms. The number of carbonyl (C=O) groups is 1. The average molecular weight is 318 g/mol. The van der Waals surface area contributed by atoms with E-state index in [4.69, 9.17) is 16.3 Å². The number of fused-ring (bicyclic) bond motifs is 1. The lowest BCUT2D eigenvalue weighted by Gasteiger charge is -2.19. The summed E-state index contributed by atoms with van der Waals surface area (Å²) in [5.74, 6) is 0.639. The lowest BCUT2D eigenvalue weighted by Crippen LogP contribution is -2.41. The van der Waals surface area contributed by atoms with Gasteiger partial charge in [0.25, 0.3) is 5.91 Å². The largest absolute Gasteiger partial charge is 0.480 e. The third kappa shape index (κ3) is 3.20. The Balaban J connectivity index is 1.75. The van der Waals surface area contributed by atoms with Crippen molar-refractivity contribution in [1.29, 1.82) is 0 Å². The molecule has 0 unspecified atom stereocenters. The third-order valence-corrected chi connectivity index (χ3v) is 4.53. The summed E-state index contributed by atoms with van der Waals surface area (Å²) in [7, 11) is 0. The Labute approximate surface area is 135 Å². The fourth-order valence-corrected chi connectivity index (χ4v) is 3.20. The molecule has 0 heterocycles. The molecule has 1 aliphatic carbocycles. The van der Waals surface area contributed by atoms with E-state index in [0.717, 1.165) is 23.6 Å². The van der Waals surface area contributed by atoms with E-state index in [0.29, 0.717) is 16.8 Å². The van der Waals surface area contributed by atoms with Gasteiger partial charge in [-0.15, -0.1) is 0 Å².